The Morgan fingerprint density at radius 2 is 1.89 bits per heavy atom. The summed E-state index contributed by atoms with van der Waals surface area (Å²) in [5, 5.41) is 12.6. The predicted molar refractivity (Wildman–Crippen MR) is 110 cm³/mol. The number of hydrogen-bond donors (Lipinski definition) is 1. The van der Waals surface area contributed by atoms with E-state index in [2.05, 4.69) is 41.1 Å². The minimum atomic E-state index is 0.0769. The summed E-state index contributed by atoms with van der Waals surface area (Å²) in [6.07, 6.45) is 1.81. The first-order valence-electron chi connectivity index (χ1n) is 8.72. The van der Waals surface area contributed by atoms with Crippen molar-refractivity contribution in [2.45, 2.75) is 25.2 Å². The number of ketones is 1. The highest BCUT2D eigenvalue weighted by molar-refractivity contribution is 7.99. The number of allylic oxidation sites excluding steroid dienone is 1. The van der Waals surface area contributed by atoms with E-state index >= 15 is 0 Å². The summed E-state index contributed by atoms with van der Waals surface area (Å²) in [6.45, 7) is 7.03. The maximum atomic E-state index is 12.3. The number of nitrogens with one attached hydrogen (secondary N) is 1. The molecule has 2 aromatic carbocycles. The van der Waals surface area contributed by atoms with E-state index in [0.717, 1.165) is 16.7 Å². The summed E-state index contributed by atoms with van der Waals surface area (Å²) in [7, 11) is 0. The molecule has 1 N–H and O–H groups in total. The second-order valence-electron chi connectivity index (χ2n) is 6.10. The minimum absolute atomic E-state index is 0.0769. The first-order chi connectivity index (χ1) is 13.2. The van der Waals surface area contributed by atoms with Gasteiger partial charge >= 0.3 is 0 Å². The lowest BCUT2D eigenvalue weighted by molar-refractivity contribution is 0.102. The van der Waals surface area contributed by atoms with Crippen LogP contribution in [0.4, 0.5) is 5.69 Å². The molecule has 27 heavy (non-hydrogen) atoms. The van der Waals surface area contributed by atoms with Crippen molar-refractivity contribution in [1.82, 2.24) is 14.8 Å². The Morgan fingerprint density at radius 1 is 1.15 bits per heavy atom. The van der Waals surface area contributed by atoms with Crippen LogP contribution in [-0.4, -0.2) is 26.3 Å². The van der Waals surface area contributed by atoms with Crippen LogP contribution in [0.5, 0.6) is 0 Å². The standard InChI is InChI=1S/C21H22N4OS/c1-3-13-25-20(14-22-18-11-9-16(2)10-12-18)23-24-21(25)27-15-19(26)17-7-5-4-6-8-17/h3-12,22H,1,13-15H2,2H3. The Labute approximate surface area is 163 Å². The SMILES string of the molecule is C=CCn1c(CNc2ccc(C)cc2)nnc1SCC(=O)c1ccccc1. The summed E-state index contributed by atoms with van der Waals surface area (Å²) in [6, 6.07) is 17.5. The molecule has 0 aliphatic rings. The zero-order valence-electron chi connectivity index (χ0n) is 15.3. The van der Waals surface area contributed by atoms with Crippen molar-refractivity contribution in [2.24, 2.45) is 0 Å². The number of carbonyl (C=O) groups excluding carboxylic acids is 1. The van der Waals surface area contributed by atoms with Crippen molar-refractivity contribution in [2.75, 3.05) is 11.1 Å². The number of aryl methyl sites for hydroxylation is 1. The molecule has 0 saturated heterocycles. The number of rotatable bonds is 9. The molecule has 0 radical (unpaired) electrons. The molecule has 138 valence electrons. The van der Waals surface area contributed by atoms with Gasteiger partial charge in [0.2, 0.25) is 0 Å². The van der Waals surface area contributed by atoms with Crippen LogP contribution in [0.15, 0.2) is 72.4 Å². The molecule has 0 saturated carbocycles. The second-order valence-corrected chi connectivity index (χ2v) is 7.04. The predicted octanol–water partition coefficient (Wildman–Crippen LogP) is 4.36. The lowest BCUT2D eigenvalue weighted by Crippen LogP contribution is -2.10. The van der Waals surface area contributed by atoms with Gasteiger partial charge in [0.15, 0.2) is 16.8 Å². The summed E-state index contributed by atoms with van der Waals surface area (Å²) < 4.78 is 1.98. The van der Waals surface area contributed by atoms with Crippen LogP contribution in [0.25, 0.3) is 0 Å². The van der Waals surface area contributed by atoms with Gasteiger partial charge in [-0.05, 0) is 19.1 Å². The lowest BCUT2D eigenvalue weighted by atomic mass is 10.2. The summed E-state index contributed by atoms with van der Waals surface area (Å²) >= 11 is 1.40. The Bertz CT molecular complexity index is 904. The maximum Gasteiger partial charge on any atom is 0.192 e. The molecule has 3 aromatic rings. The molecule has 3 rings (SSSR count). The van der Waals surface area contributed by atoms with Crippen molar-refractivity contribution in [1.29, 1.82) is 0 Å². The Hall–Kier alpha value is -2.86. The topological polar surface area (TPSA) is 59.8 Å². The lowest BCUT2D eigenvalue weighted by Gasteiger charge is -2.09. The number of benzene rings is 2. The van der Waals surface area contributed by atoms with Gasteiger partial charge in [-0.1, -0.05) is 65.9 Å². The highest BCUT2D eigenvalue weighted by atomic mass is 32.2. The van der Waals surface area contributed by atoms with E-state index in [4.69, 9.17) is 0 Å². The molecule has 0 spiro atoms. The molecule has 0 unspecified atom stereocenters. The third-order valence-corrected chi connectivity index (χ3v) is 5.00. The van der Waals surface area contributed by atoms with Crippen molar-refractivity contribution in [3.05, 3.63) is 84.2 Å². The van der Waals surface area contributed by atoms with E-state index in [1.807, 2.05) is 53.1 Å². The molecule has 1 heterocycles. The van der Waals surface area contributed by atoms with Crippen molar-refractivity contribution < 1.29 is 4.79 Å². The number of thioether (sulfide) groups is 1. The Morgan fingerprint density at radius 3 is 2.59 bits per heavy atom. The molecule has 6 heteroatoms. The third-order valence-electron chi connectivity index (χ3n) is 4.04. The molecule has 0 amide bonds. The smallest absolute Gasteiger partial charge is 0.192 e. The zero-order valence-corrected chi connectivity index (χ0v) is 16.1. The van der Waals surface area contributed by atoms with Gasteiger partial charge in [0.05, 0.1) is 12.3 Å². The quantitative estimate of drug-likeness (QED) is 0.341. The van der Waals surface area contributed by atoms with Gasteiger partial charge in [-0.2, -0.15) is 0 Å². The normalized spacial score (nSPS) is 10.6. The summed E-state index contributed by atoms with van der Waals surface area (Å²) in [4.78, 5) is 12.3. The van der Waals surface area contributed by atoms with E-state index in [9.17, 15) is 4.79 Å². The monoisotopic (exact) mass is 378 g/mol. The first-order valence-corrected chi connectivity index (χ1v) is 9.70. The van der Waals surface area contributed by atoms with Gasteiger partial charge in [-0.15, -0.1) is 16.8 Å². The Kier molecular flexibility index (Phi) is 6.44. The second kappa shape index (κ2) is 9.19. The first kappa shape index (κ1) is 18.9. The van der Waals surface area contributed by atoms with E-state index in [1.165, 1.54) is 17.3 Å². The number of hydrogen-bond acceptors (Lipinski definition) is 5. The van der Waals surface area contributed by atoms with Crippen LogP contribution in [0, 0.1) is 6.92 Å². The number of Topliss-reactive ketones (excluding diaryl/α,β-unsaturated/α-hetero) is 1. The molecular formula is C21H22N4OS. The van der Waals surface area contributed by atoms with Gasteiger partial charge in [0, 0.05) is 17.8 Å². The van der Waals surface area contributed by atoms with Crippen molar-refractivity contribution in [3.8, 4) is 0 Å². The fourth-order valence-corrected chi connectivity index (χ4v) is 3.42. The number of nitrogens with zero attached hydrogens (tertiary/aromatic N) is 3. The molecule has 0 fully saturated rings. The van der Waals surface area contributed by atoms with Crippen molar-refractivity contribution >= 4 is 23.2 Å². The highest BCUT2D eigenvalue weighted by Gasteiger charge is 2.14. The number of anilines is 1. The Balaban J connectivity index is 1.66. The van der Waals surface area contributed by atoms with E-state index in [1.54, 1.807) is 0 Å². The van der Waals surface area contributed by atoms with Gasteiger partial charge in [-0.3, -0.25) is 4.79 Å². The van der Waals surface area contributed by atoms with E-state index < -0.39 is 0 Å². The summed E-state index contributed by atoms with van der Waals surface area (Å²) in [5.74, 6) is 1.21. The zero-order chi connectivity index (χ0) is 19.1. The molecular weight excluding hydrogens is 356 g/mol. The minimum Gasteiger partial charge on any atom is -0.378 e. The fraction of sp³-hybridized carbons (Fsp3) is 0.190. The average molecular weight is 379 g/mol. The summed E-state index contributed by atoms with van der Waals surface area (Å²) in [5.41, 5.74) is 2.96. The van der Waals surface area contributed by atoms with Gasteiger partial charge in [0.1, 0.15) is 0 Å². The van der Waals surface area contributed by atoms with E-state index in [0.29, 0.717) is 24.4 Å². The van der Waals surface area contributed by atoms with Crippen LogP contribution in [0.1, 0.15) is 21.7 Å². The molecule has 0 aliphatic carbocycles. The van der Waals surface area contributed by atoms with Crippen LogP contribution in [-0.2, 0) is 13.1 Å². The van der Waals surface area contributed by atoms with Crippen LogP contribution < -0.4 is 5.32 Å². The molecule has 5 nitrogen and oxygen atoms in total. The third kappa shape index (κ3) is 5.08. The van der Waals surface area contributed by atoms with Crippen LogP contribution >= 0.6 is 11.8 Å². The van der Waals surface area contributed by atoms with Gasteiger partial charge < -0.3 is 9.88 Å². The van der Waals surface area contributed by atoms with Crippen LogP contribution in [0.3, 0.4) is 0 Å². The molecule has 0 atom stereocenters. The van der Waals surface area contributed by atoms with Gasteiger partial charge in [-0.25, -0.2) is 0 Å². The van der Waals surface area contributed by atoms with E-state index in [-0.39, 0.29) is 5.78 Å². The average Bonchev–Trinajstić information content (AvgIpc) is 3.08. The van der Waals surface area contributed by atoms with Crippen molar-refractivity contribution in [3.63, 3.8) is 0 Å². The largest absolute Gasteiger partial charge is 0.378 e. The molecule has 1 aromatic heterocycles. The molecule has 0 bridgehead atoms. The number of aromatic nitrogens is 3. The highest BCUT2D eigenvalue weighted by Crippen LogP contribution is 2.20. The maximum absolute atomic E-state index is 12.3. The molecule has 0 aliphatic heterocycles. The fourth-order valence-electron chi connectivity index (χ4n) is 2.56. The number of carbonyl (C=O) groups is 1. The van der Waals surface area contributed by atoms with Crippen LogP contribution in [0.2, 0.25) is 0 Å². The van der Waals surface area contributed by atoms with Gasteiger partial charge in [0.25, 0.3) is 0 Å².